The zero-order valence-corrected chi connectivity index (χ0v) is 14.8. The number of nitrogens with zero attached hydrogens (tertiary/aromatic N) is 2. The lowest BCUT2D eigenvalue weighted by Gasteiger charge is -2.33. The predicted molar refractivity (Wildman–Crippen MR) is 95.8 cm³/mol. The summed E-state index contributed by atoms with van der Waals surface area (Å²) in [6.45, 7) is 6.31. The summed E-state index contributed by atoms with van der Waals surface area (Å²) in [4.78, 5) is 18.8. The standard InChI is InChI=1S/C18H24N4O3/c1-12(2)22(18(23)15-9-19-6-7-21-15)13-4-5-14(16(8-13)24-3)17-10-20-11-25-17/h4-5,8,10-12,15,19,21H,6-7,9H2,1-3H3. The first-order valence-electron chi connectivity index (χ1n) is 8.46. The quantitative estimate of drug-likeness (QED) is 0.859. The first kappa shape index (κ1) is 17.4. The summed E-state index contributed by atoms with van der Waals surface area (Å²) >= 11 is 0. The average molecular weight is 344 g/mol. The minimum absolute atomic E-state index is 0.0251. The van der Waals surface area contributed by atoms with E-state index in [0.717, 1.165) is 24.3 Å². The van der Waals surface area contributed by atoms with Crippen LogP contribution < -0.4 is 20.3 Å². The SMILES string of the molecule is COc1cc(N(C(=O)C2CNCCN2)C(C)C)ccc1-c1cnco1. The molecule has 7 nitrogen and oxygen atoms in total. The van der Waals surface area contributed by atoms with Crippen LogP contribution in [0.2, 0.25) is 0 Å². The molecule has 25 heavy (non-hydrogen) atoms. The Labute approximate surface area is 147 Å². The van der Waals surface area contributed by atoms with Gasteiger partial charge in [-0.2, -0.15) is 0 Å². The summed E-state index contributed by atoms with van der Waals surface area (Å²) in [6, 6.07) is 5.47. The lowest BCUT2D eigenvalue weighted by molar-refractivity contribution is -0.121. The van der Waals surface area contributed by atoms with Crippen LogP contribution in [0, 0.1) is 0 Å². The number of rotatable bonds is 5. The summed E-state index contributed by atoms with van der Waals surface area (Å²) in [5.74, 6) is 1.32. The molecule has 0 radical (unpaired) electrons. The van der Waals surface area contributed by atoms with Gasteiger partial charge >= 0.3 is 0 Å². The van der Waals surface area contributed by atoms with Crippen LogP contribution >= 0.6 is 0 Å². The highest BCUT2D eigenvalue weighted by Gasteiger charge is 2.29. The van der Waals surface area contributed by atoms with Crippen LogP contribution in [0.15, 0.2) is 35.2 Å². The fourth-order valence-corrected chi connectivity index (χ4v) is 3.06. The normalized spacial score (nSPS) is 17.5. The van der Waals surface area contributed by atoms with Gasteiger partial charge in [0.1, 0.15) is 5.75 Å². The highest BCUT2D eigenvalue weighted by molar-refractivity contribution is 5.98. The lowest BCUT2D eigenvalue weighted by atomic mass is 10.1. The first-order valence-corrected chi connectivity index (χ1v) is 8.46. The minimum atomic E-state index is -0.226. The van der Waals surface area contributed by atoms with Gasteiger partial charge in [-0.05, 0) is 26.0 Å². The molecule has 0 bridgehead atoms. The van der Waals surface area contributed by atoms with Crippen LogP contribution in [-0.4, -0.2) is 49.7 Å². The molecule has 2 N–H and O–H groups in total. The van der Waals surface area contributed by atoms with E-state index < -0.39 is 0 Å². The number of carbonyl (C=O) groups excluding carboxylic acids is 1. The van der Waals surface area contributed by atoms with Gasteiger partial charge in [0.15, 0.2) is 12.2 Å². The van der Waals surface area contributed by atoms with Crippen LogP contribution in [0.3, 0.4) is 0 Å². The van der Waals surface area contributed by atoms with Gasteiger partial charge in [0.2, 0.25) is 5.91 Å². The van der Waals surface area contributed by atoms with E-state index >= 15 is 0 Å². The van der Waals surface area contributed by atoms with Crippen molar-refractivity contribution < 1.29 is 13.9 Å². The zero-order chi connectivity index (χ0) is 17.8. The Morgan fingerprint density at radius 2 is 2.24 bits per heavy atom. The molecule has 3 rings (SSSR count). The average Bonchev–Trinajstić information content (AvgIpc) is 3.16. The van der Waals surface area contributed by atoms with Gasteiger partial charge in [-0.25, -0.2) is 4.98 Å². The molecule has 1 atom stereocenters. The van der Waals surface area contributed by atoms with Gasteiger partial charge in [-0.1, -0.05) is 0 Å². The first-order chi connectivity index (χ1) is 12.1. The number of oxazole rings is 1. The third kappa shape index (κ3) is 3.67. The maximum absolute atomic E-state index is 13.0. The smallest absolute Gasteiger partial charge is 0.245 e. The van der Waals surface area contributed by atoms with Crippen LogP contribution in [-0.2, 0) is 4.79 Å². The van der Waals surface area contributed by atoms with Crippen LogP contribution in [0.4, 0.5) is 5.69 Å². The molecule has 134 valence electrons. The Bertz CT molecular complexity index is 709. The summed E-state index contributed by atoms with van der Waals surface area (Å²) in [7, 11) is 1.60. The fourth-order valence-electron chi connectivity index (χ4n) is 3.06. The van der Waals surface area contributed by atoms with E-state index in [1.54, 1.807) is 18.2 Å². The molecule has 2 aromatic rings. The molecule has 0 spiro atoms. The number of methoxy groups -OCH3 is 1. The van der Waals surface area contributed by atoms with E-state index in [1.807, 2.05) is 32.0 Å². The summed E-state index contributed by atoms with van der Waals surface area (Å²) in [6.07, 6.45) is 3.02. The van der Waals surface area contributed by atoms with Gasteiger partial charge in [-0.15, -0.1) is 0 Å². The Morgan fingerprint density at radius 1 is 1.40 bits per heavy atom. The lowest BCUT2D eigenvalue weighted by Crippen LogP contribution is -2.58. The van der Waals surface area contributed by atoms with Gasteiger partial charge in [0.25, 0.3) is 0 Å². The largest absolute Gasteiger partial charge is 0.496 e. The highest BCUT2D eigenvalue weighted by Crippen LogP contribution is 2.34. The fraction of sp³-hybridized carbons (Fsp3) is 0.444. The number of benzene rings is 1. The van der Waals surface area contributed by atoms with Gasteiger partial charge < -0.3 is 24.7 Å². The molecule has 1 fully saturated rings. The molecular formula is C18H24N4O3. The van der Waals surface area contributed by atoms with Gasteiger partial charge in [-0.3, -0.25) is 4.79 Å². The summed E-state index contributed by atoms with van der Waals surface area (Å²) in [5.41, 5.74) is 1.60. The number of piperazine rings is 1. The van der Waals surface area contributed by atoms with Crippen molar-refractivity contribution in [2.45, 2.75) is 25.9 Å². The van der Waals surface area contributed by atoms with E-state index in [9.17, 15) is 4.79 Å². The number of anilines is 1. The topological polar surface area (TPSA) is 79.6 Å². The molecule has 1 amide bonds. The van der Waals surface area contributed by atoms with Crippen LogP contribution in [0.25, 0.3) is 11.3 Å². The van der Waals surface area contributed by atoms with E-state index in [1.165, 1.54) is 6.39 Å². The number of carbonyl (C=O) groups is 1. The number of hydrogen-bond acceptors (Lipinski definition) is 6. The molecular weight excluding hydrogens is 320 g/mol. The van der Waals surface area contributed by atoms with Crippen molar-refractivity contribution in [2.24, 2.45) is 0 Å². The number of amides is 1. The summed E-state index contributed by atoms with van der Waals surface area (Å²) in [5, 5.41) is 6.54. The second-order valence-electron chi connectivity index (χ2n) is 6.26. The van der Waals surface area contributed by atoms with Crippen molar-refractivity contribution in [2.75, 3.05) is 31.6 Å². The Balaban J connectivity index is 1.92. The van der Waals surface area contributed by atoms with Gasteiger partial charge in [0, 0.05) is 37.4 Å². The maximum Gasteiger partial charge on any atom is 0.245 e. The molecule has 1 aromatic carbocycles. The second kappa shape index (κ2) is 7.67. The summed E-state index contributed by atoms with van der Waals surface area (Å²) < 4.78 is 10.9. The maximum atomic E-state index is 13.0. The van der Waals surface area contributed by atoms with E-state index in [4.69, 9.17) is 9.15 Å². The van der Waals surface area contributed by atoms with E-state index in [0.29, 0.717) is 18.1 Å². The molecule has 7 heteroatoms. The third-order valence-electron chi connectivity index (χ3n) is 4.25. The second-order valence-corrected chi connectivity index (χ2v) is 6.26. The monoisotopic (exact) mass is 344 g/mol. The Kier molecular flexibility index (Phi) is 5.35. The molecule has 1 aliphatic rings. The highest BCUT2D eigenvalue weighted by atomic mass is 16.5. The molecule has 1 aliphatic heterocycles. The molecule has 1 unspecified atom stereocenters. The Morgan fingerprint density at radius 3 is 2.84 bits per heavy atom. The number of nitrogens with one attached hydrogen (secondary N) is 2. The van der Waals surface area contributed by atoms with Crippen molar-refractivity contribution in [1.82, 2.24) is 15.6 Å². The predicted octanol–water partition coefficient (Wildman–Crippen LogP) is 1.65. The van der Waals surface area contributed by atoms with Crippen molar-refractivity contribution in [3.63, 3.8) is 0 Å². The van der Waals surface area contributed by atoms with Crippen LogP contribution in [0.5, 0.6) is 5.75 Å². The number of hydrogen-bond donors (Lipinski definition) is 2. The van der Waals surface area contributed by atoms with Crippen molar-refractivity contribution in [3.8, 4) is 17.1 Å². The molecule has 0 aliphatic carbocycles. The van der Waals surface area contributed by atoms with Crippen molar-refractivity contribution in [1.29, 1.82) is 0 Å². The minimum Gasteiger partial charge on any atom is -0.496 e. The number of ether oxygens (including phenoxy) is 1. The van der Waals surface area contributed by atoms with Crippen molar-refractivity contribution in [3.05, 3.63) is 30.8 Å². The third-order valence-corrected chi connectivity index (χ3v) is 4.25. The van der Waals surface area contributed by atoms with Gasteiger partial charge in [0.05, 0.1) is 24.9 Å². The molecule has 1 saturated heterocycles. The van der Waals surface area contributed by atoms with Crippen molar-refractivity contribution >= 4 is 11.6 Å². The number of aromatic nitrogens is 1. The van der Waals surface area contributed by atoms with E-state index in [-0.39, 0.29) is 18.0 Å². The molecule has 0 saturated carbocycles. The zero-order valence-electron chi connectivity index (χ0n) is 14.8. The van der Waals surface area contributed by atoms with E-state index in [2.05, 4.69) is 15.6 Å². The van der Waals surface area contributed by atoms with Crippen LogP contribution in [0.1, 0.15) is 13.8 Å². The molecule has 2 heterocycles. The Hall–Kier alpha value is -2.38. The molecule has 1 aromatic heterocycles.